The van der Waals surface area contributed by atoms with Crippen LogP contribution >= 0.6 is 22.9 Å². The molecule has 7 heteroatoms. The number of nitrogens with zero attached hydrogens (tertiary/aromatic N) is 3. The Morgan fingerprint density at radius 1 is 1.43 bits per heavy atom. The molecular weight excluding hydrogens is 310 g/mol. The Bertz CT molecular complexity index is 599. The third-order valence-electron chi connectivity index (χ3n) is 3.70. The monoisotopic (exact) mass is 325 g/mol. The van der Waals surface area contributed by atoms with Crippen LogP contribution in [0.25, 0.3) is 0 Å². The predicted octanol–water partition coefficient (Wildman–Crippen LogP) is 3.47. The van der Waals surface area contributed by atoms with Gasteiger partial charge in [-0.15, -0.1) is 11.3 Å². The lowest BCUT2D eigenvalue weighted by Gasteiger charge is -2.27. The van der Waals surface area contributed by atoms with Crippen LogP contribution in [0.1, 0.15) is 42.4 Å². The average Bonchev–Trinajstić information content (AvgIpc) is 3.06. The molecule has 2 aromatic rings. The van der Waals surface area contributed by atoms with Gasteiger partial charge >= 0.3 is 0 Å². The first-order chi connectivity index (χ1) is 10.2. The molecule has 1 saturated heterocycles. The Balaban J connectivity index is 1.77. The van der Waals surface area contributed by atoms with E-state index in [0.29, 0.717) is 16.6 Å². The molecule has 1 amide bonds. The van der Waals surface area contributed by atoms with Crippen molar-refractivity contribution in [3.8, 4) is 0 Å². The maximum Gasteiger partial charge on any atom is 0.228 e. The van der Waals surface area contributed by atoms with Crippen LogP contribution < -0.4 is 0 Å². The van der Waals surface area contributed by atoms with Gasteiger partial charge in [-0.3, -0.25) is 4.79 Å². The third-order valence-corrected chi connectivity index (χ3v) is 4.93. The molecule has 1 aliphatic rings. The first-order valence-electron chi connectivity index (χ1n) is 7.04. The molecule has 0 saturated carbocycles. The van der Waals surface area contributed by atoms with E-state index < -0.39 is 0 Å². The summed E-state index contributed by atoms with van der Waals surface area (Å²) in [5, 5.41) is 3.93. The number of halogens is 1. The summed E-state index contributed by atoms with van der Waals surface area (Å²) in [7, 11) is 0. The normalized spacial score (nSPS) is 19.5. The molecule has 1 aliphatic heterocycles. The highest BCUT2D eigenvalue weighted by atomic mass is 35.5. The van der Waals surface area contributed by atoms with Gasteiger partial charge in [-0.1, -0.05) is 29.6 Å². The molecular formula is C14H16ClN3O2S. The Labute approximate surface area is 131 Å². The van der Waals surface area contributed by atoms with Gasteiger partial charge in [-0.05, 0) is 25.0 Å². The van der Waals surface area contributed by atoms with Crippen molar-refractivity contribution in [2.45, 2.75) is 38.1 Å². The summed E-state index contributed by atoms with van der Waals surface area (Å²) >= 11 is 7.38. The van der Waals surface area contributed by atoms with Crippen LogP contribution in [0.2, 0.25) is 4.34 Å². The highest BCUT2D eigenvalue weighted by molar-refractivity contribution is 7.16. The summed E-state index contributed by atoms with van der Waals surface area (Å²) in [6.45, 7) is 0.747. The first-order valence-corrected chi connectivity index (χ1v) is 8.23. The minimum Gasteiger partial charge on any atom is -0.343 e. The standard InChI is InChI=1S/C14H16ClN3O2S/c15-12-6-5-10(21-12)8-13(19)18-7-3-1-2-4-11(18)14-16-9-20-17-14/h5-6,9,11H,1-4,7-8H2/t11-/m1/s1. The molecule has 0 unspecified atom stereocenters. The third kappa shape index (κ3) is 3.44. The van der Waals surface area contributed by atoms with Crippen molar-refractivity contribution in [2.24, 2.45) is 0 Å². The fraction of sp³-hybridized carbons (Fsp3) is 0.500. The van der Waals surface area contributed by atoms with E-state index in [0.717, 1.165) is 37.1 Å². The van der Waals surface area contributed by atoms with Crippen LogP contribution in [0.15, 0.2) is 23.0 Å². The predicted molar refractivity (Wildman–Crippen MR) is 80.3 cm³/mol. The molecule has 3 heterocycles. The second-order valence-corrected chi connectivity index (χ2v) is 6.92. The highest BCUT2D eigenvalue weighted by Crippen LogP contribution is 2.29. The molecule has 0 aliphatic carbocycles. The Morgan fingerprint density at radius 3 is 3.05 bits per heavy atom. The number of carbonyl (C=O) groups is 1. The molecule has 1 atom stereocenters. The van der Waals surface area contributed by atoms with E-state index in [4.69, 9.17) is 16.1 Å². The maximum absolute atomic E-state index is 12.6. The van der Waals surface area contributed by atoms with Crippen LogP contribution in [0.5, 0.6) is 0 Å². The topological polar surface area (TPSA) is 59.2 Å². The minimum absolute atomic E-state index is 0.0748. The lowest BCUT2D eigenvalue weighted by atomic mass is 10.1. The van der Waals surface area contributed by atoms with E-state index in [-0.39, 0.29) is 11.9 Å². The average molecular weight is 326 g/mol. The number of hydrogen-bond donors (Lipinski definition) is 0. The van der Waals surface area contributed by atoms with E-state index in [1.54, 1.807) is 0 Å². The molecule has 0 radical (unpaired) electrons. The zero-order valence-electron chi connectivity index (χ0n) is 11.5. The molecule has 1 fully saturated rings. The minimum atomic E-state index is -0.0748. The van der Waals surface area contributed by atoms with Gasteiger partial charge in [-0.2, -0.15) is 4.98 Å². The van der Waals surface area contributed by atoms with Crippen molar-refractivity contribution < 1.29 is 9.32 Å². The summed E-state index contributed by atoms with van der Waals surface area (Å²) < 4.78 is 5.56. The fourth-order valence-corrected chi connectivity index (χ4v) is 3.78. The lowest BCUT2D eigenvalue weighted by molar-refractivity contribution is -0.133. The fourth-order valence-electron chi connectivity index (χ4n) is 2.70. The van der Waals surface area contributed by atoms with E-state index in [1.165, 1.54) is 17.7 Å². The SMILES string of the molecule is O=C(Cc1ccc(Cl)s1)N1CCCCC[C@@H]1c1ncon1. The summed E-state index contributed by atoms with van der Waals surface area (Å²) in [5.74, 6) is 0.708. The van der Waals surface area contributed by atoms with Crippen molar-refractivity contribution >= 4 is 28.8 Å². The van der Waals surface area contributed by atoms with Crippen LogP contribution in [-0.2, 0) is 11.2 Å². The Morgan fingerprint density at radius 2 is 2.33 bits per heavy atom. The molecule has 0 bridgehead atoms. The molecule has 5 nitrogen and oxygen atoms in total. The second kappa shape index (κ2) is 6.58. The maximum atomic E-state index is 12.6. The van der Waals surface area contributed by atoms with Crippen LogP contribution in [0, 0.1) is 0 Å². The number of amides is 1. The van der Waals surface area contributed by atoms with E-state index in [1.807, 2.05) is 17.0 Å². The molecule has 0 aromatic carbocycles. The zero-order valence-corrected chi connectivity index (χ0v) is 13.1. The number of hydrogen-bond acceptors (Lipinski definition) is 5. The van der Waals surface area contributed by atoms with Gasteiger partial charge in [0.1, 0.15) is 0 Å². The van der Waals surface area contributed by atoms with Gasteiger partial charge in [0.2, 0.25) is 12.3 Å². The molecule has 2 aromatic heterocycles. The Kier molecular flexibility index (Phi) is 4.55. The molecule has 3 rings (SSSR count). The molecule has 0 spiro atoms. The molecule has 0 N–H and O–H groups in total. The van der Waals surface area contributed by atoms with Crippen LogP contribution in [0.3, 0.4) is 0 Å². The molecule has 21 heavy (non-hydrogen) atoms. The highest BCUT2D eigenvalue weighted by Gasteiger charge is 2.29. The quantitative estimate of drug-likeness (QED) is 0.867. The number of rotatable bonds is 3. The van der Waals surface area contributed by atoms with Gasteiger partial charge in [0.05, 0.1) is 16.8 Å². The van der Waals surface area contributed by atoms with Gasteiger partial charge in [0, 0.05) is 11.4 Å². The summed E-state index contributed by atoms with van der Waals surface area (Å²) in [6, 6.07) is 3.66. The van der Waals surface area contributed by atoms with Crippen molar-refractivity contribution in [3.05, 3.63) is 33.6 Å². The van der Waals surface area contributed by atoms with Gasteiger partial charge in [0.25, 0.3) is 0 Å². The lowest BCUT2D eigenvalue weighted by Crippen LogP contribution is -2.36. The van der Waals surface area contributed by atoms with Crippen molar-refractivity contribution in [3.63, 3.8) is 0 Å². The van der Waals surface area contributed by atoms with Crippen molar-refractivity contribution in [2.75, 3.05) is 6.54 Å². The molecule has 112 valence electrons. The van der Waals surface area contributed by atoms with E-state index >= 15 is 0 Å². The largest absolute Gasteiger partial charge is 0.343 e. The van der Waals surface area contributed by atoms with E-state index in [2.05, 4.69) is 10.1 Å². The summed E-state index contributed by atoms with van der Waals surface area (Å²) in [5.41, 5.74) is 0. The smallest absolute Gasteiger partial charge is 0.228 e. The summed E-state index contributed by atoms with van der Waals surface area (Å²) in [4.78, 5) is 19.7. The number of aromatic nitrogens is 2. The van der Waals surface area contributed by atoms with Gasteiger partial charge in [0.15, 0.2) is 5.82 Å². The first kappa shape index (κ1) is 14.5. The van der Waals surface area contributed by atoms with Crippen LogP contribution in [0.4, 0.5) is 0 Å². The summed E-state index contributed by atoms with van der Waals surface area (Å²) in [6.07, 6.45) is 5.81. The number of likely N-dealkylation sites (tertiary alicyclic amines) is 1. The van der Waals surface area contributed by atoms with Gasteiger partial charge in [-0.25, -0.2) is 0 Å². The van der Waals surface area contributed by atoms with Gasteiger partial charge < -0.3 is 9.42 Å². The number of carbonyl (C=O) groups excluding carboxylic acids is 1. The van der Waals surface area contributed by atoms with Crippen molar-refractivity contribution in [1.82, 2.24) is 15.0 Å². The van der Waals surface area contributed by atoms with Crippen LogP contribution in [-0.4, -0.2) is 27.5 Å². The zero-order chi connectivity index (χ0) is 14.7. The second-order valence-electron chi connectivity index (χ2n) is 5.12. The van der Waals surface area contributed by atoms with E-state index in [9.17, 15) is 4.79 Å². The Hall–Kier alpha value is -1.40. The number of thiophene rings is 1. The van der Waals surface area contributed by atoms with Crippen molar-refractivity contribution in [1.29, 1.82) is 0 Å².